The van der Waals surface area contributed by atoms with E-state index in [1.165, 1.54) is 14.2 Å². The van der Waals surface area contributed by atoms with Crippen molar-refractivity contribution < 1.29 is 24.7 Å². The molecule has 0 saturated carbocycles. The van der Waals surface area contributed by atoms with E-state index in [-0.39, 0.29) is 17.2 Å². The average molecular weight is 395 g/mol. The zero-order valence-electron chi connectivity index (χ0n) is 17.2. The van der Waals surface area contributed by atoms with Gasteiger partial charge >= 0.3 is 0 Å². The molecule has 0 saturated heterocycles. The number of hydrogen-bond donors (Lipinski definition) is 4. The molecular formula is C23H27N2O4+. The Hall–Kier alpha value is -3.15. The summed E-state index contributed by atoms with van der Waals surface area (Å²) in [6, 6.07) is 11.2. The van der Waals surface area contributed by atoms with Gasteiger partial charge in [0.2, 0.25) is 11.4 Å². The number of rotatable bonds is 3. The predicted molar refractivity (Wildman–Crippen MR) is 112 cm³/mol. The number of phenolic OH excluding ortho intramolecular Hbond substituents is 1. The zero-order chi connectivity index (χ0) is 20.8. The molecule has 29 heavy (non-hydrogen) atoms. The molecule has 0 amide bonds. The smallest absolute Gasteiger partial charge is 0.227 e. The van der Waals surface area contributed by atoms with Crippen molar-refractivity contribution in [1.29, 1.82) is 0 Å². The SMILES string of the molecule is COc1cc(C2Nc3ccccc3[NH+]=C3CC(C)(C)CC(O)=C32)cc(OC)c1O. The van der Waals surface area contributed by atoms with Crippen LogP contribution in [-0.4, -0.2) is 30.1 Å². The fourth-order valence-electron chi connectivity index (χ4n) is 4.25. The fraction of sp³-hybridized carbons (Fsp3) is 0.348. The first-order valence-corrected chi connectivity index (χ1v) is 9.68. The molecule has 2 aliphatic rings. The van der Waals surface area contributed by atoms with E-state index in [0.29, 0.717) is 23.7 Å². The average Bonchev–Trinajstić information content (AvgIpc) is 2.83. The van der Waals surface area contributed by atoms with Gasteiger partial charge in [-0.05, 0) is 29.2 Å². The summed E-state index contributed by atoms with van der Waals surface area (Å²) in [5.41, 5.74) is 4.50. The van der Waals surface area contributed by atoms with Crippen LogP contribution in [0.15, 0.2) is 47.7 Å². The van der Waals surface area contributed by atoms with Crippen LogP contribution in [0.3, 0.4) is 0 Å². The Bertz CT molecular complexity index is 998. The molecule has 152 valence electrons. The van der Waals surface area contributed by atoms with E-state index in [2.05, 4.69) is 24.2 Å². The van der Waals surface area contributed by atoms with E-state index < -0.39 is 0 Å². The molecule has 2 aromatic rings. The van der Waals surface area contributed by atoms with Gasteiger partial charge in [-0.1, -0.05) is 26.0 Å². The minimum absolute atomic E-state index is 0.0434. The Balaban J connectivity index is 1.94. The number of hydrogen-bond acceptors (Lipinski definition) is 5. The summed E-state index contributed by atoms with van der Waals surface area (Å²) in [6.45, 7) is 4.31. The highest BCUT2D eigenvalue weighted by Crippen LogP contribution is 2.45. The van der Waals surface area contributed by atoms with Crippen molar-refractivity contribution in [2.24, 2.45) is 5.41 Å². The lowest BCUT2D eigenvalue weighted by molar-refractivity contribution is -0.354. The second-order valence-corrected chi connectivity index (χ2v) is 8.38. The summed E-state index contributed by atoms with van der Waals surface area (Å²) in [5.74, 6) is 0.965. The van der Waals surface area contributed by atoms with Crippen molar-refractivity contribution in [2.45, 2.75) is 32.7 Å². The molecular weight excluding hydrogens is 368 g/mol. The number of aliphatic hydroxyl groups is 1. The van der Waals surface area contributed by atoms with Crippen molar-refractivity contribution in [3.8, 4) is 17.2 Å². The maximum Gasteiger partial charge on any atom is 0.227 e. The summed E-state index contributed by atoms with van der Waals surface area (Å²) in [6.07, 6.45) is 1.40. The van der Waals surface area contributed by atoms with Crippen LogP contribution in [-0.2, 0) is 0 Å². The first kappa shape index (κ1) is 19.2. The summed E-state index contributed by atoms with van der Waals surface area (Å²) in [5, 5.41) is 24.9. The second-order valence-electron chi connectivity index (χ2n) is 8.38. The van der Waals surface area contributed by atoms with E-state index in [1.54, 1.807) is 12.1 Å². The summed E-state index contributed by atoms with van der Waals surface area (Å²) in [4.78, 5) is 3.54. The van der Waals surface area contributed by atoms with Crippen molar-refractivity contribution >= 4 is 17.1 Å². The van der Waals surface area contributed by atoms with Crippen molar-refractivity contribution in [1.82, 2.24) is 0 Å². The van der Waals surface area contributed by atoms with E-state index in [0.717, 1.165) is 34.6 Å². The predicted octanol–water partition coefficient (Wildman–Crippen LogP) is 3.36. The Morgan fingerprint density at radius 2 is 1.69 bits per heavy atom. The highest BCUT2D eigenvalue weighted by molar-refractivity contribution is 6.01. The highest BCUT2D eigenvalue weighted by atomic mass is 16.5. The van der Waals surface area contributed by atoms with Gasteiger partial charge in [0.25, 0.3) is 0 Å². The number of methoxy groups -OCH3 is 2. The maximum absolute atomic E-state index is 11.1. The van der Waals surface area contributed by atoms with Crippen molar-refractivity contribution in [2.75, 3.05) is 19.5 Å². The summed E-state index contributed by atoms with van der Waals surface area (Å²) >= 11 is 0. The molecule has 2 aromatic carbocycles. The number of para-hydroxylation sites is 2. The van der Waals surface area contributed by atoms with E-state index in [4.69, 9.17) is 9.47 Å². The van der Waals surface area contributed by atoms with Crippen LogP contribution in [0.1, 0.15) is 38.3 Å². The Morgan fingerprint density at radius 1 is 1.03 bits per heavy atom. The summed E-state index contributed by atoms with van der Waals surface area (Å²) in [7, 11) is 3.01. The third kappa shape index (κ3) is 3.39. The molecule has 1 heterocycles. The second kappa shape index (κ2) is 7.03. The normalized spacial score (nSPS) is 20.0. The van der Waals surface area contributed by atoms with Gasteiger partial charge in [-0.3, -0.25) is 0 Å². The Morgan fingerprint density at radius 3 is 2.34 bits per heavy atom. The number of anilines is 1. The van der Waals surface area contributed by atoms with Crippen LogP contribution in [0.25, 0.3) is 0 Å². The highest BCUT2D eigenvalue weighted by Gasteiger charge is 2.41. The molecule has 1 aliphatic carbocycles. The largest absolute Gasteiger partial charge is 0.512 e. The lowest BCUT2D eigenvalue weighted by Crippen LogP contribution is -2.67. The monoisotopic (exact) mass is 395 g/mol. The van der Waals surface area contributed by atoms with E-state index in [9.17, 15) is 10.2 Å². The molecule has 0 spiro atoms. The number of aromatic hydroxyl groups is 1. The van der Waals surface area contributed by atoms with Crippen LogP contribution in [0.2, 0.25) is 0 Å². The van der Waals surface area contributed by atoms with Gasteiger partial charge in [0.15, 0.2) is 17.2 Å². The first-order chi connectivity index (χ1) is 13.8. The lowest BCUT2D eigenvalue weighted by Gasteiger charge is -2.32. The zero-order valence-corrected chi connectivity index (χ0v) is 17.2. The number of fused-ring (bicyclic) bond motifs is 2. The quantitative estimate of drug-likeness (QED) is 0.640. The third-order valence-electron chi connectivity index (χ3n) is 5.57. The molecule has 0 aromatic heterocycles. The van der Waals surface area contributed by atoms with Gasteiger partial charge < -0.3 is 25.0 Å². The van der Waals surface area contributed by atoms with Gasteiger partial charge in [0.1, 0.15) is 11.4 Å². The number of benzene rings is 2. The molecule has 1 unspecified atom stereocenters. The minimum atomic E-state index is -0.333. The van der Waals surface area contributed by atoms with E-state index in [1.807, 2.05) is 24.3 Å². The number of nitrogens with one attached hydrogen (secondary N) is 2. The molecule has 6 nitrogen and oxygen atoms in total. The minimum Gasteiger partial charge on any atom is -0.512 e. The fourth-order valence-corrected chi connectivity index (χ4v) is 4.25. The number of allylic oxidation sites excluding steroid dienone is 1. The van der Waals surface area contributed by atoms with Gasteiger partial charge in [-0.25, -0.2) is 4.99 Å². The molecule has 1 aliphatic heterocycles. The van der Waals surface area contributed by atoms with Crippen LogP contribution in [0.5, 0.6) is 17.2 Å². The van der Waals surface area contributed by atoms with E-state index >= 15 is 0 Å². The van der Waals surface area contributed by atoms with Crippen LogP contribution < -0.4 is 19.8 Å². The van der Waals surface area contributed by atoms with Crippen LogP contribution in [0.4, 0.5) is 11.4 Å². The van der Waals surface area contributed by atoms with Gasteiger partial charge in [0, 0.05) is 18.9 Å². The Kier molecular flexibility index (Phi) is 4.65. The first-order valence-electron chi connectivity index (χ1n) is 9.68. The molecule has 4 N–H and O–H groups in total. The number of aliphatic hydroxyl groups excluding tert-OH is 1. The molecule has 0 bridgehead atoms. The molecule has 6 heteroatoms. The molecule has 0 radical (unpaired) electrons. The third-order valence-corrected chi connectivity index (χ3v) is 5.57. The van der Waals surface area contributed by atoms with Crippen molar-refractivity contribution in [3.05, 3.63) is 53.3 Å². The number of phenols is 1. The molecule has 1 atom stereocenters. The van der Waals surface area contributed by atoms with Gasteiger partial charge in [-0.15, -0.1) is 0 Å². The topological polar surface area (TPSA) is 84.9 Å². The van der Waals surface area contributed by atoms with Gasteiger partial charge in [0.05, 0.1) is 25.8 Å². The summed E-state index contributed by atoms with van der Waals surface area (Å²) < 4.78 is 10.7. The van der Waals surface area contributed by atoms with Gasteiger partial charge in [-0.2, -0.15) is 0 Å². The van der Waals surface area contributed by atoms with Crippen LogP contribution in [0, 0.1) is 5.41 Å². The number of ether oxygens (including phenoxy) is 2. The molecule has 0 fully saturated rings. The lowest BCUT2D eigenvalue weighted by atomic mass is 9.74. The standard InChI is InChI=1S/C23H26N2O4/c1-23(2)11-16-20(17(26)12-23)21(25-15-8-6-5-7-14(15)24-16)13-9-18(28-3)22(27)19(10-13)29-4/h5-10,21,25-27H,11-12H2,1-4H3/p+1. The van der Waals surface area contributed by atoms with Crippen LogP contribution >= 0.6 is 0 Å². The van der Waals surface area contributed by atoms with Crippen molar-refractivity contribution in [3.63, 3.8) is 0 Å². The molecule has 4 rings (SSSR count). The maximum atomic E-state index is 11.1. The Labute approximate surface area is 170 Å².